The zero-order chi connectivity index (χ0) is 15.5. The van der Waals surface area contributed by atoms with E-state index >= 15 is 0 Å². The number of benzene rings is 1. The predicted octanol–water partition coefficient (Wildman–Crippen LogP) is 2.52. The third-order valence-electron chi connectivity index (χ3n) is 3.99. The monoisotopic (exact) mass is 314 g/mol. The number of nitrogens with zero attached hydrogens (tertiary/aromatic N) is 1. The molecule has 1 aliphatic heterocycles. The summed E-state index contributed by atoms with van der Waals surface area (Å²) in [4.78, 5) is 2.53. The van der Waals surface area contributed by atoms with E-state index in [1.54, 1.807) is 0 Å². The number of halogens is 1. The SMILES string of the molecule is CCN1CCCC(Nc2cc(S(C)(=O)=O)ccc2F)CC1. The summed E-state index contributed by atoms with van der Waals surface area (Å²) in [6, 6.07) is 4.11. The fourth-order valence-corrected chi connectivity index (χ4v) is 3.33. The van der Waals surface area contributed by atoms with Crippen LogP contribution in [0.5, 0.6) is 0 Å². The molecule has 21 heavy (non-hydrogen) atoms. The van der Waals surface area contributed by atoms with Gasteiger partial charge in [0.15, 0.2) is 9.84 Å². The van der Waals surface area contributed by atoms with E-state index in [1.165, 1.54) is 18.2 Å². The van der Waals surface area contributed by atoms with Crippen molar-refractivity contribution in [3.8, 4) is 0 Å². The lowest BCUT2D eigenvalue weighted by atomic mass is 10.1. The molecule has 1 unspecified atom stereocenters. The lowest BCUT2D eigenvalue weighted by Gasteiger charge is -2.20. The van der Waals surface area contributed by atoms with Crippen LogP contribution in [-0.4, -0.2) is 45.2 Å². The van der Waals surface area contributed by atoms with Crippen molar-refractivity contribution in [2.24, 2.45) is 0 Å². The van der Waals surface area contributed by atoms with E-state index < -0.39 is 15.7 Å². The molecular weight excluding hydrogens is 291 g/mol. The van der Waals surface area contributed by atoms with Crippen molar-refractivity contribution in [2.75, 3.05) is 31.2 Å². The van der Waals surface area contributed by atoms with Crippen molar-refractivity contribution >= 4 is 15.5 Å². The molecule has 1 fully saturated rings. The second-order valence-corrected chi connectivity index (χ2v) is 7.64. The first kappa shape index (κ1) is 16.2. The molecule has 1 N–H and O–H groups in total. The van der Waals surface area contributed by atoms with Gasteiger partial charge in [0.25, 0.3) is 0 Å². The molecule has 0 aromatic heterocycles. The smallest absolute Gasteiger partial charge is 0.175 e. The van der Waals surface area contributed by atoms with Crippen molar-refractivity contribution in [1.82, 2.24) is 4.90 Å². The van der Waals surface area contributed by atoms with Crippen molar-refractivity contribution < 1.29 is 12.8 Å². The molecule has 4 nitrogen and oxygen atoms in total. The van der Waals surface area contributed by atoms with Gasteiger partial charge in [0.1, 0.15) is 5.82 Å². The number of hydrogen-bond acceptors (Lipinski definition) is 4. The fourth-order valence-electron chi connectivity index (χ4n) is 2.68. The summed E-state index contributed by atoms with van der Waals surface area (Å²) in [5.41, 5.74) is 0.285. The number of nitrogens with one attached hydrogen (secondary N) is 1. The molecule has 0 radical (unpaired) electrons. The van der Waals surface area contributed by atoms with Crippen LogP contribution in [0, 0.1) is 5.82 Å². The highest BCUT2D eigenvalue weighted by molar-refractivity contribution is 7.90. The van der Waals surface area contributed by atoms with E-state index in [0.717, 1.165) is 45.2 Å². The summed E-state index contributed by atoms with van der Waals surface area (Å²) in [5.74, 6) is -0.404. The third-order valence-corrected chi connectivity index (χ3v) is 5.10. The summed E-state index contributed by atoms with van der Waals surface area (Å²) >= 11 is 0. The first-order valence-electron chi connectivity index (χ1n) is 7.38. The summed E-state index contributed by atoms with van der Waals surface area (Å²) < 4.78 is 37.0. The van der Waals surface area contributed by atoms with Gasteiger partial charge in [-0.25, -0.2) is 12.8 Å². The van der Waals surface area contributed by atoms with Crippen LogP contribution in [0.15, 0.2) is 23.1 Å². The largest absolute Gasteiger partial charge is 0.380 e. The number of rotatable bonds is 4. The second kappa shape index (κ2) is 6.75. The van der Waals surface area contributed by atoms with E-state index in [9.17, 15) is 12.8 Å². The average molecular weight is 314 g/mol. The molecule has 1 saturated heterocycles. The van der Waals surface area contributed by atoms with Crippen LogP contribution in [0.1, 0.15) is 26.2 Å². The Morgan fingerprint density at radius 3 is 2.76 bits per heavy atom. The van der Waals surface area contributed by atoms with Crippen LogP contribution < -0.4 is 5.32 Å². The number of sulfone groups is 1. The molecule has 1 aromatic carbocycles. The third kappa shape index (κ3) is 4.41. The Hall–Kier alpha value is -1.14. The van der Waals surface area contributed by atoms with Gasteiger partial charge in [-0.3, -0.25) is 0 Å². The van der Waals surface area contributed by atoms with E-state index in [0.29, 0.717) is 0 Å². The molecule has 0 bridgehead atoms. The minimum atomic E-state index is -3.32. The van der Waals surface area contributed by atoms with Crippen molar-refractivity contribution in [3.05, 3.63) is 24.0 Å². The van der Waals surface area contributed by atoms with Gasteiger partial charge in [-0.2, -0.15) is 0 Å². The van der Waals surface area contributed by atoms with Gasteiger partial charge >= 0.3 is 0 Å². The fraction of sp³-hybridized carbons (Fsp3) is 0.600. The van der Waals surface area contributed by atoms with Crippen molar-refractivity contribution in [1.29, 1.82) is 0 Å². The summed E-state index contributed by atoms with van der Waals surface area (Å²) in [6.07, 6.45) is 4.11. The minimum absolute atomic E-state index is 0.148. The number of anilines is 1. The van der Waals surface area contributed by atoms with Crippen molar-refractivity contribution in [2.45, 2.75) is 37.1 Å². The van der Waals surface area contributed by atoms with Crippen LogP contribution in [0.2, 0.25) is 0 Å². The van der Waals surface area contributed by atoms with Gasteiger partial charge in [0, 0.05) is 18.8 Å². The maximum Gasteiger partial charge on any atom is 0.175 e. The van der Waals surface area contributed by atoms with E-state index in [1.807, 2.05) is 0 Å². The van der Waals surface area contributed by atoms with E-state index in [2.05, 4.69) is 17.1 Å². The molecule has 0 aliphatic carbocycles. The second-order valence-electron chi connectivity index (χ2n) is 5.62. The summed E-state index contributed by atoms with van der Waals surface area (Å²) in [7, 11) is -3.32. The molecule has 6 heteroatoms. The molecule has 0 saturated carbocycles. The number of likely N-dealkylation sites (tertiary alicyclic amines) is 1. The highest BCUT2D eigenvalue weighted by atomic mass is 32.2. The molecule has 118 valence electrons. The molecular formula is C15H23FN2O2S. The highest BCUT2D eigenvalue weighted by Crippen LogP contribution is 2.23. The maximum atomic E-state index is 13.9. The highest BCUT2D eigenvalue weighted by Gasteiger charge is 2.18. The lowest BCUT2D eigenvalue weighted by Crippen LogP contribution is -2.26. The normalized spacial score (nSPS) is 21.0. The van der Waals surface area contributed by atoms with Crippen LogP contribution in [0.4, 0.5) is 10.1 Å². The Labute approximate surface area is 126 Å². The quantitative estimate of drug-likeness (QED) is 0.868. The van der Waals surface area contributed by atoms with Crippen LogP contribution in [0.25, 0.3) is 0 Å². The summed E-state index contributed by atoms with van der Waals surface area (Å²) in [5, 5.41) is 3.18. The minimum Gasteiger partial charge on any atom is -0.380 e. The van der Waals surface area contributed by atoms with Gasteiger partial charge in [-0.1, -0.05) is 6.92 Å². The number of hydrogen-bond donors (Lipinski definition) is 1. The van der Waals surface area contributed by atoms with Gasteiger partial charge in [0.2, 0.25) is 0 Å². The van der Waals surface area contributed by atoms with E-state index in [4.69, 9.17) is 0 Å². The first-order chi connectivity index (χ1) is 9.90. The van der Waals surface area contributed by atoms with Gasteiger partial charge in [-0.15, -0.1) is 0 Å². The molecule has 2 rings (SSSR count). The van der Waals surface area contributed by atoms with Gasteiger partial charge in [0.05, 0.1) is 10.6 Å². The Morgan fingerprint density at radius 1 is 1.33 bits per heavy atom. The van der Waals surface area contributed by atoms with E-state index in [-0.39, 0.29) is 16.6 Å². The zero-order valence-corrected chi connectivity index (χ0v) is 13.4. The zero-order valence-electron chi connectivity index (χ0n) is 12.6. The predicted molar refractivity (Wildman–Crippen MR) is 82.9 cm³/mol. The van der Waals surface area contributed by atoms with Gasteiger partial charge < -0.3 is 10.2 Å². The topological polar surface area (TPSA) is 49.4 Å². The molecule has 0 amide bonds. The molecule has 1 heterocycles. The maximum absolute atomic E-state index is 13.9. The Kier molecular flexibility index (Phi) is 5.22. The first-order valence-corrected chi connectivity index (χ1v) is 9.28. The molecule has 0 spiro atoms. The Balaban J connectivity index is 2.12. The molecule has 1 atom stereocenters. The lowest BCUT2D eigenvalue weighted by molar-refractivity contribution is 0.300. The average Bonchev–Trinajstić information content (AvgIpc) is 2.65. The molecule has 1 aliphatic rings. The van der Waals surface area contributed by atoms with Gasteiger partial charge in [-0.05, 0) is 50.6 Å². The standard InChI is InChI=1S/C15H23FN2O2S/c1-3-18-9-4-5-12(8-10-18)17-15-11-13(21(2,19)20)6-7-14(15)16/h6-7,11-12,17H,3-5,8-10H2,1-2H3. The van der Waals surface area contributed by atoms with Crippen LogP contribution in [-0.2, 0) is 9.84 Å². The summed E-state index contributed by atoms with van der Waals surface area (Å²) in [6.45, 7) is 5.23. The molecule has 1 aromatic rings. The van der Waals surface area contributed by atoms with Crippen LogP contribution >= 0.6 is 0 Å². The van der Waals surface area contributed by atoms with Crippen molar-refractivity contribution in [3.63, 3.8) is 0 Å². The van der Waals surface area contributed by atoms with Crippen LogP contribution in [0.3, 0.4) is 0 Å². The Morgan fingerprint density at radius 2 is 2.10 bits per heavy atom. The Bertz CT molecular complexity index is 589.